The summed E-state index contributed by atoms with van der Waals surface area (Å²) in [5, 5.41) is 1.88. The third-order valence-corrected chi connectivity index (χ3v) is 6.38. The molecule has 2 aromatic rings. The quantitative estimate of drug-likeness (QED) is 0.844. The van der Waals surface area contributed by atoms with Gasteiger partial charge in [0.2, 0.25) is 0 Å². The smallest absolute Gasteiger partial charge is 0.186 e. The first-order valence-corrected chi connectivity index (χ1v) is 9.28. The number of para-hydroxylation sites is 1. The van der Waals surface area contributed by atoms with Gasteiger partial charge in [-0.3, -0.25) is 4.90 Å². The summed E-state index contributed by atoms with van der Waals surface area (Å²) in [6.07, 6.45) is 0. The van der Waals surface area contributed by atoms with E-state index in [1.54, 1.807) is 11.3 Å². The van der Waals surface area contributed by atoms with Crippen LogP contribution in [0.1, 0.15) is 0 Å². The number of nitrogens with zero attached hydrogens (tertiary/aromatic N) is 3. The summed E-state index contributed by atoms with van der Waals surface area (Å²) in [5.41, 5.74) is 0.951. The average Bonchev–Trinajstić information content (AvgIpc) is 2.83. The molecule has 3 heterocycles. The van der Waals surface area contributed by atoms with E-state index in [-0.39, 0.29) is 0 Å². The van der Waals surface area contributed by atoms with Gasteiger partial charge < -0.3 is 4.90 Å². The predicted octanol–water partition coefficient (Wildman–Crippen LogP) is 3.19. The molecule has 0 N–H and O–H groups in total. The molecule has 2 aliphatic heterocycles. The zero-order chi connectivity index (χ0) is 13.5. The molecule has 4 rings (SSSR count). The summed E-state index contributed by atoms with van der Waals surface area (Å²) in [6, 6.07) is 6.73. The van der Waals surface area contributed by atoms with E-state index in [9.17, 15) is 0 Å². The number of benzene rings is 1. The highest BCUT2D eigenvalue weighted by Gasteiger charge is 2.34. The molecule has 0 unspecified atom stereocenters. The largest absolute Gasteiger partial charge is 0.345 e. The number of aromatic nitrogens is 1. The zero-order valence-electron chi connectivity index (χ0n) is 11.1. The van der Waals surface area contributed by atoms with E-state index in [4.69, 9.17) is 16.6 Å². The Morgan fingerprint density at radius 3 is 2.75 bits per heavy atom. The highest BCUT2D eigenvalue weighted by molar-refractivity contribution is 7.99. The predicted molar refractivity (Wildman–Crippen MR) is 89.5 cm³/mol. The molecule has 6 heteroatoms. The van der Waals surface area contributed by atoms with Crippen molar-refractivity contribution in [1.29, 1.82) is 0 Å². The average molecular weight is 326 g/mol. The van der Waals surface area contributed by atoms with Gasteiger partial charge in [0.25, 0.3) is 0 Å². The van der Waals surface area contributed by atoms with E-state index in [1.807, 2.05) is 12.1 Å². The third kappa shape index (κ3) is 2.30. The minimum atomic E-state index is 0.721. The molecule has 2 saturated heterocycles. The topological polar surface area (TPSA) is 19.4 Å². The second kappa shape index (κ2) is 5.37. The monoisotopic (exact) mass is 325 g/mol. The SMILES string of the molecule is Clc1cccc2sc(N3CC(N4CCSCC4)C3)nc12. The molecule has 20 heavy (non-hydrogen) atoms. The molecule has 0 radical (unpaired) electrons. The first-order valence-electron chi connectivity index (χ1n) is 6.93. The van der Waals surface area contributed by atoms with Crippen molar-refractivity contribution >= 4 is 50.0 Å². The van der Waals surface area contributed by atoms with Crippen LogP contribution in [0.3, 0.4) is 0 Å². The summed E-state index contributed by atoms with van der Waals surface area (Å²) in [4.78, 5) is 9.72. The van der Waals surface area contributed by atoms with E-state index < -0.39 is 0 Å². The number of halogens is 1. The second-order valence-electron chi connectivity index (χ2n) is 5.29. The fraction of sp³-hybridized carbons (Fsp3) is 0.500. The lowest BCUT2D eigenvalue weighted by Gasteiger charge is -2.46. The van der Waals surface area contributed by atoms with Gasteiger partial charge >= 0.3 is 0 Å². The molecule has 1 aromatic heterocycles. The molecular weight excluding hydrogens is 310 g/mol. The van der Waals surface area contributed by atoms with Crippen LogP contribution in [-0.2, 0) is 0 Å². The van der Waals surface area contributed by atoms with E-state index >= 15 is 0 Å². The van der Waals surface area contributed by atoms with Crippen LogP contribution in [0, 0.1) is 0 Å². The van der Waals surface area contributed by atoms with Crippen LogP contribution >= 0.6 is 34.7 Å². The maximum atomic E-state index is 6.20. The second-order valence-corrected chi connectivity index (χ2v) is 7.93. The molecule has 106 valence electrons. The maximum Gasteiger partial charge on any atom is 0.186 e. The van der Waals surface area contributed by atoms with Gasteiger partial charge in [-0.1, -0.05) is 29.0 Å². The van der Waals surface area contributed by atoms with Crippen LogP contribution in [0.25, 0.3) is 10.2 Å². The van der Waals surface area contributed by atoms with Crippen molar-refractivity contribution in [3.63, 3.8) is 0 Å². The summed E-state index contributed by atoms with van der Waals surface area (Å²) in [7, 11) is 0. The van der Waals surface area contributed by atoms with Gasteiger partial charge in [0.1, 0.15) is 5.52 Å². The Balaban J connectivity index is 1.47. The summed E-state index contributed by atoms with van der Waals surface area (Å²) < 4.78 is 1.19. The minimum Gasteiger partial charge on any atom is -0.345 e. The Morgan fingerprint density at radius 2 is 2.00 bits per heavy atom. The molecular formula is C14H16ClN3S2. The van der Waals surface area contributed by atoms with E-state index in [2.05, 4.69) is 27.6 Å². The minimum absolute atomic E-state index is 0.721. The standard InChI is InChI=1S/C14H16ClN3S2/c15-11-2-1-3-12-13(11)16-14(20-12)18-8-10(9-18)17-4-6-19-7-5-17/h1-3,10H,4-9H2. The van der Waals surface area contributed by atoms with Gasteiger partial charge in [0.15, 0.2) is 5.13 Å². The van der Waals surface area contributed by atoms with Crippen molar-refractivity contribution in [2.75, 3.05) is 42.6 Å². The fourth-order valence-electron chi connectivity index (χ4n) is 2.82. The lowest BCUT2D eigenvalue weighted by Crippen LogP contribution is -2.61. The van der Waals surface area contributed by atoms with Crippen molar-refractivity contribution in [3.05, 3.63) is 23.2 Å². The molecule has 1 aromatic carbocycles. The Morgan fingerprint density at radius 1 is 1.20 bits per heavy atom. The van der Waals surface area contributed by atoms with E-state index in [1.165, 1.54) is 29.3 Å². The molecule has 0 saturated carbocycles. The molecule has 2 fully saturated rings. The van der Waals surface area contributed by atoms with Crippen LogP contribution in [0.15, 0.2) is 18.2 Å². The van der Waals surface area contributed by atoms with Gasteiger partial charge in [-0.2, -0.15) is 11.8 Å². The van der Waals surface area contributed by atoms with Gasteiger partial charge in [0.05, 0.1) is 9.72 Å². The number of fused-ring (bicyclic) bond motifs is 1. The first kappa shape index (κ1) is 13.2. The Labute approximate surface area is 131 Å². The molecule has 2 aliphatic rings. The number of hydrogen-bond donors (Lipinski definition) is 0. The van der Waals surface area contributed by atoms with Crippen molar-refractivity contribution in [2.24, 2.45) is 0 Å². The van der Waals surface area contributed by atoms with Crippen molar-refractivity contribution in [1.82, 2.24) is 9.88 Å². The molecule has 0 spiro atoms. The third-order valence-electron chi connectivity index (χ3n) is 4.05. The number of thioether (sulfide) groups is 1. The Hall–Kier alpha value is -0.490. The number of thiazole rings is 1. The van der Waals surface area contributed by atoms with Gasteiger partial charge in [-0.05, 0) is 12.1 Å². The fourth-order valence-corrected chi connectivity index (χ4v) is 5.04. The highest BCUT2D eigenvalue weighted by atomic mass is 35.5. The number of anilines is 1. The van der Waals surface area contributed by atoms with Crippen LogP contribution in [0.4, 0.5) is 5.13 Å². The molecule has 0 bridgehead atoms. The van der Waals surface area contributed by atoms with Crippen LogP contribution in [-0.4, -0.2) is 53.6 Å². The lowest BCUT2D eigenvalue weighted by molar-refractivity contribution is 0.183. The maximum absolute atomic E-state index is 6.20. The van der Waals surface area contributed by atoms with E-state index in [0.717, 1.165) is 34.8 Å². The van der Waals surface area contributed by atoms with Crippen molar-refractivity contribution < 1.29 is 0 Å². The lowest BCUT2D eigenvalue weighted by atomic mass is 10.1. The first-order chi connectivity index (χ1) is 9.81. The Kier molecular flexibility index (Phi) is 3.54. The van der Waals surface area contributed by atoms with Crippen LogP contribution in [0.5, 0.6) is 0 Å². The van der Waals surface area contributed by atoms with Gasteiger partial charge in [-0.25, -0.2) is 4.98 Å². The van der Waals surface area contributed by atoms with Gasteiger partial charge in [-0.15, -0.1) is 0 Å². The normalized spacial score (nSPS) is 21.4. The molecule has 0 aliphatic carbocycles. The summed E-state index contributed by atoms with van der Waals surface area (Å²) in [6.45, 7) is 4.72. The van der Waals surface area contributed by atoms with Gasteiger partial charge in [0, 0.05) is 43.7 Å². The Bertz CT molecular complexity index is 618. The highest BCUT2D eigenvalue weighted by Crippen LogP contribution is 2.35. The van der Waals surface area contributed by atoms with Crippen molar-refractivity contribution in [3.8, 4) is 0 Å². The molecule has 0 atom stereocenters. The van der Waals surface area contributed by atoms with E-state index in [0.29, 0.717) is 0 Å². The zero-order valence-corrected chi connectivity index (χ0v) is 13.5. The molecule has 3 nitrogen and oxygen atoms in total. The van der Waals surface area contributed by atoms with Crippen LogP contribution in [0.2, 0.25) is 5.02 Å². The summed E-state index contributed by atoms with van der Waals surface area (Å²) in [5.74, 6) is 2.57. The molecule has 0 amide bonds. The number of hydrogen-bond acceptors (Lipinski definition) is 5. The van der Waals surface area contributed by atoms with Crippen LogP contribution < -0.4 is 4.90 Å². The summed E-state index contributed by atoms with van der Waals surface area (Å²) >= 11 is 10.0. The van der Waals surface area contributed by atoms with Crippen molar-refractivity contribution in [2.45, 2.75) is 6.04 Å². The number of rotatable bonds is 2.